The molecule has 2 N–H and O–H groups in total. The number of carbonyl (C=O) groups is 1. The molecule has 1 amide bonds. The average molecular weight is 431 g/mol. The zero-order valence-corrected chi connectivity index (χ0v) is 17.0. The van der Waals surface area contributed by atoms with E-state index in [4.69, 9.17) is 6.57 Å². The van der Waals surface area contributed by atoms with E-state index in [9.17, 15) is 22.7 Å². The molecule has 2 aromatic carbocycles. The van der Waals surface area contributed by atoms with Crippen LogP contribution in [-0.2, 0) is 16.6 Å². The van der Waals surface area contributed by atoms with Crippen molar-refractivity contribution in [3.8, 4) is 0 Å². The second-order valence-corrected chi connectivity index (χ2v) is 8.94. The Kier molecular flexibility index (Phi) is 6.82. The Morgan fingerprint density at radius 2 is 2.07 bits per heavy atom. The molecule has 1 saturated heterocycles. The maximum absolute atomic E-state index is 13.7. The van der Waals surface area contributed by atoms with Crippen LogP contribution < -0.4 is 5.32 Å². The van der Waals surface area contributed by atoms with Gasteiger partial charge in [0.15, 0.2) is 0 Å². The second-order valence-electron chi connectivity index (χ2n) is 7.05. The molecule has 1 heterocycles. The molecule has 0 aliphatic carbocycles. The van der Waals surface area contributed by atoms with E-state index in [0.29, 0.717) is 25.1 Å². The Labute approximate surface area is 175 Å². The molecule has 0 aromatic heterocycles. The van der Waals surface area contributed by atoms with Gasteiger partial charge in [-0.3, -0.25) is 4.79 Å². The van der Waals surface area contributed by atoms with Crippen molar-refractivity contribution in [2.75, 3.05) is 18.5 Å². The number of anilines is 1. The largest absolute Gasteiger partial charge is 0.395 e. The lowest BCUT2D eigenvalue weighted by atomic mass is 10.1. The topological polar surface area (TPSA) is 91.1 Å². The average Bonchev–Trinajstić information content (AvgIpc) is 2.76. The molecule has 0 bridgehead atoms. The van der Waals surface area contributed by atoms with Gasteiger partial charge in [-0.05, 0) is 49.2 Å². The zero-order chi connectivity index (χ0) is 21.7. The standard InChI is InChI=1S/C21H22FN3O4S/c1-23-13-16-11-17(8-9-20(16)22)24-21(27)15-5-4-7-19(12-15)30(28,29)25-10-3-2-6-18(25)14-26/h4-5,7-9,11-12,18,26H,2-3,6,10,13-14H2,(H,24,27). The minimum absolute atomic E-state index is 0.0247. The normalized spacial score (nSPS) is 17.3. The quantitative estimate of drug-likeness (QED) is 0.688. The van der Waals surface area contributed by atoms with Crippen molar-refractivity contribution in [3.63, 3.8) is 0 Å². The summed E-state index contributed by atoms with van der Waals surface area (Å²) >= 11 is 0. The monoisotopic (exact) mass is 431 g/mol. The van der Waals surface area contributed by atoms with Crippen molar-refractivity contribution in [2.24, 2.45) is 0 Å². The number of benzene rings is 2. The van der Waals surface area contributed by atoms with Gasteiger partial charge in [-0.1, -0.05) is 12.5 Å². The molecule has 9 heteroatoms. The molecule has 1 atom stereocenters. The van der Waals surface area contributed by atoms with Gasteiger partial charge >= 0.3 is 0 Å². The molecule has 0 saturated carbocycles. The second kappa shape index (κ2) is 9.34. The van der Waals surface area contributed by atoms with Crippen molar-refractivity contribution in [2.45, 2.75) is 36.7 Å². The summed E-state index contributed by atoms with van der Waals surface area (Å²) in [6, 6.07) is 9.13. The highest BCUT2D eigenvalue weighted by atomic mass is 32.2. The predicted molar refractivity (Wildman–Crippen MR) is 110 cm³/mol. The fourth-order valence-corrected chi connectivity index (χ4v) is 5.20. The van der Waals surface area contributed by atoms with Crippen LogP contribution in [0.15, 0.2) is 47.4 Å². The number of halogens is 1. The van der Waals surface area contributed by atoms with Crippen LogP contribution in [0.3, 0.4) is 0 Å². The first-order valence-electron chi connectivity index (χ1n) is 9.52. The molecular weight excluding hydrogens is 409 g/mol. The Morgan fingerprint density at radius 1 is 1.27 bits per heavy atom. The fraction of sp³-hybridized carbons (Fsp3) is 0.333. The van der Waals surface area contributed by atoms with Gasteiger partial charge in [0, 0.05) is 23.8 Å². The third kappa shape index (κ3) is 4.67. The molecule has 0 radical (unpaired) electrons. The maximum atomic E-state index is 13.7. The molecule has 1 aliphatic rings. The van der Waals surface area contributed by atoms with E-state index in [0.717, 1.165) is 6.42 Å². The lowest BCUT2D eigenvalue weighted by Crippen LogP contribution is -2.45. The summed E-state index contributed by atoms with van der Waals surface area (Å²) in [5.74, 6) is -1.08. The van der Waals surface area contributed by atoms with E-state index in [1.807, 2.05) is 0 Å². The van der Waals surface area contributed by atoms with E-state index < -0.39 is 27.8 Å². The van der Waals surface area contributed by atoms with E-state index >= 15 is 0 Å². The summed E-state index contributed by atoms with van der Waals surface area (Å²) in [4.78, 5) is 15.8. The number of hydrogen-bond acceptors (Lipinski definition) is 4. The van der Waals surface area contributed by atoms with Gasteiger partial charge in [-0.15, -0.1) is 0 Å². The van der Waals surface area contributed by atoms with Crippen LogP contribution in [0, 0.1) is 12.4 Å². The van der Waals surface area contributed by atoms with Crippen LogP contribution in [-0.4, -0.2) is 42.9 Å². The molecular formula is C21H22FN3O4S. The number of sulfonamides is 1. The number of piperidine rings is 1. The molecule has 3 rings (SSSR count). The number of nitrogens with one attached hydrogen (secondary N) is 1. The fourth-order valence-electron chi connectivity index (χ4n) is 3.47. The molecule has 1 fully saturated rings. The van der Waals surface area contributed by atoms with Gasteiger partial charge in [-0.2, -0.15) is 4.31 Å². The minimum Gasteiger partial charge on any atom is -0.395 e. The van der Waals surface area contributed by atoms with E-state index in [2.05, 4.69) is 10.2 Å². The highest BCUT2D eigenvalue weighted by molar-refractivity contribution is 7.89. The summed E-state index contributed by atoms with van der Waals surface area (Å²) in [6.45, 7) is 6.79. The first-order valence-corrected chi connectivity index (χ1v) is 11.0. The van der Waals surface area contributed by atoms with Crippen LogP contribution in [0.4, 0.5) is 10.1 Å². The Morgan fingerprint density at radius 3 is 2.80 bits per heavy atom. The van der Waals surface area contributed by atoms with Crippen molar-refractivity contribution >= 4 is 21.6 Å². The van der Waals surface area contributed by atoms with E-state index in [-0.39, 0.29) is 29.2 Å². The highest BCUT2D eigenvalue weighted by Crippen LogP contribution is 2.26. The van der Waals surface area contributed by atoms with Gasteiger partial charge in [0.25, 0.3) is 5.91 Å². The Bertz CT molecular complexity index is 1080. The van der Waals surface area contributed by atoms with Crippen LogP contribution >= 0.6 is 0 Å². The number of hydrogen-bond donors (Lipinski definition) is 2. The van der Waals surface area contributed by atoms with Gasteiger partial charge in [-0.25, -0.2) is 19.4 Å². The zero-order valence-electron chi connectivity index (χ0n) is 16.2. The number of amides is 1. The minimum atomic E-state index is -3.86. The number of nitrogens with zero attached hydrogens (tertiary/aromatic N) is 2. The molecule has 7 nitrogen and oxygen atoms in total. The SMILES string of the molecule is [C-]#[N+]Cc1cc(NC(=O)c2cccc(S(=O)(=O)N3CCCCC3CO)c2)ccc1F. The number of aliphatic hydroxyl groups excluding tert-OH is 1. The van der Waals surface area contributed by atoms with E-state index in [1.54, 1.807) is 0 Å². The van der Waals surface area contributed by atoms with Crippen molar-refractivity contribution in [3.05, 3.63) is 70.8 Å². The third-order valence-electron chi connectivity index (χ3n) is 5.04. The number of rotatable bonds is 6. The van der Waals surface area contributed by atoms with Gasteiger partial charge in [0.05, 0.1) is 17.1 Å². The Balaban J connectivity index is 1.84. The van der Waals surface area contributed by atoms with Gasteiger partial charge in [0.2, 0.25) is 16.6 Å². The van der Waals surface area contributed by atoms with Crippen LogP contribution in [0.1, 0.15) is 35.2 Å². The van der Waals surface area contributed by atoms with Gasteiger partial charge < -0.3 is 15.3 Å². The molecule has 0 spiro atoms. The van der Waals surface area contributed by atoms with Crippen LogP contribution in [0.5, 0.6) is 0 Å². The highest BCUT2D eigenvalue weighted by Gasteiger charge is 2.33. The van der Waals surface area contributed by atoms with Crippen molar-refractivity contribution < 1.29 is 22.7 Å². The van der Waals surface area contributed by atoms with Crippen LogP contribution in [0.25, 0.3) is 4.85 Å². The first kappa shape index (κ1) is 21.9. The Hall–Kier alpha value is -2.80. The first-order chi connectivity index (χ1) is 14.4. The summed E-state index contributed by atoms with van der Waals surface area (Å²) in [6.07, 6.45) is 2.16. The number of carbonyl (C=O) groups excluding carboxylic acids is 1. The van der Waals surface area contributed by atoms with Crippen molar-refractivity contribution in [1.82, 2.24) is 4.31 Å². The summed E-state index contributed by atoms with van der Waals surface area (Å²) in [7, 11) is -3.86. The van der Waals surface area contributed by atoms with E-state index in [1.165, 1.54) is 46.8 Å². The molecule has 30 heavy (non-hydrogen) atoms. The smallest absolute Gasteiger partial charge is 0.255 e. The predicted octanol–water partition coefficient (Wildman–Crippen LogP) is 3.03. The van der Waals surface area contributed by atoms with Gasteiger partial charge in [0.1, 0.15) is 5.82 Å². The molecule has 2 aromatic rings. The molecule has 1 aliphatic heterocycles. The summed E-state index contributed by atoms with van der Waals surface area (Å²) in [5.41, 5.74) is 0.605. The molecule has 1 unspecified atom stereocenters. The van der Waals surface area contributed by atoms with Crippen molar-refractivity contribution in [1.29, 1.82) is 0 Å². The maximum Gasteiger partial charge on any atom is 0.255 e. The number of aliphatic hydroxyl groups is 1. The van der Waals surface area contributed by atoms with Crippen LogP contribution in [0.2, 0.25) is 0 Å². The lowest BCUT2D eigenvalue weighted by Gasteiger charge is -2.33. The summed E-state index contributed by atoms with van der Waals surface area (Å²) < 4.78 is 41.1. The summed E-state index contributed by atoms with van der Waals surface area (Å²) in [5, 5.41) is 12.1. The lowest BCUT2D eigenvalue weighted by molar-refractivity contribution is 0.102. The molecule has 158 valence electrons. The third-order valence-corrected chi connectivity index (χ3v) is 6.99.